The quantitative estimate of drug-likeness (QED) is 0.240. The van der Waals surface area contributed by atoms with E-state index < -0.39 is 0 Å². The lowest BCUT2D eigenvalue weighted by Gasteiger charge is -2.16. The number of rotatable bonds is 7. The van der Waals surface area contributed by atoms with Gasteiger partial charge in [0.05, 0.1) is 32.4 Å². The minimum absolute atomic E-state index is 0.0784. The van der Waals surface area contributed by atoms with E-state index in [0.29, 0.717) is 38.3 Å². The molecule has 0 bridgehead atoms. The highest BCUT2D eigenvalue weighted by molar-refractivity contribution is 7.99. The summed E-state index contributed by atoms with van der Waals surface area (Å²) in [6.45, 7) is 0.544. The molecule has 0 unspecified atom stereocenters. The Balaban J connectivity index is 1.55. The molecule has 8 heteroatoms. The molecule has 1 amide bonds. The first-order valence-electron chi connectivity index (χ1n) is 10.6. The molecule has 5 nitrogen and oxygen atoms in total. The average molecular weight is 488 g/mol. The number of carbonyl (C=O) groups is 1. The Morgan fingerprint density at radius 3 is 2.62 bits per heavy atom. The second-order valence-corrected chi connectivity index (χ2v) is 9.42. The molecular formula is C24H23Cl2N3O2S. The maximum atomic E-state index is 13.2. The Hall–Kier alpha value is -2.28. The molecule has 0 saturated heterocycles. The van der Waals surface area contributed by atoms with Crippen LogP contribution in [0.4, 0.5) is 5.69 Å². The van der Waals surface area contributed by atoms with Crippen molar-refractivity contribution in [3.8, 4) is 0 Å². The van der Waals surface area contributed by atoms with Gasteiger partial charge in [-0.3, -0.25) is 14.2 Å². The van der Waals surface area contributed by atoms with Crippen LogP contribution in [0.2, 0.25) is 10.0 Å². The fraction of sp³-hybridized carbons (Fsp3) is 0.292. The number of anilines is 1. The topological polar surface area (TPSA) is 64.0 Å². The van der Waals surface area contributed by atoms with Crippen molar-refractivity contribution in [1.29, 1.82) is 0 Å². The van der Waals surface area contributed by atoms with Gasteiger partial charge in [0.25, 0.3) is 5.56 Å². The number of fused-ring (bicyclic) bond motifs is 1. The molecule has 0 fully saturated rings. The molecule has 3 aromatic rings. The summed E-state index contributed by atoms with van der Waals surface area (Å²) in [5, 5.41) is 4.62. The first-order chi connectivity index (χ1) is 15.5. The molecule has 4 rings (SSSR count). The summed E-state index contributed by atoms with van der Waals surface area (Å²) < 4.78 is 1.69. The van der Waals surface area contributed by atoms with Crippen molar-refractivity contribution in [2.45, 2.75) is 43.8 Å². The predicted molar refractivity (Wildman–Crippen MR) is 133 cm³/mol. The number of para-hydroxylation sites is 2. The van der Waals surface area contributed by atoms with Crippen molar-refractivity contribution in [3.05, 3.63) is 74.5 Å². The van der Waals surface area contributed by atoms with Gasteiger partial charge in [0, 0.05) is 6.54 Å². The van der Waals surface area contributed by atoms with E-state index in [-0.39, 0.29) is 17.2 Å². The molecule has 1 heterocycles. The SMILES string of the molecule is O=C(CSc1nc2ccccc2c(=O)n1CCC1=CCCCC1)Nc1c(Cl)cccc1Cl. The van der Waals surface area contributed by atoms with E-state index in [9.17, 15) is 9.59 Å². The molecule has 0 spiro atoms. The van der Waals surface area contributed by atoms with Crippen molar-refractivity contribution in [2.75, 3.05) is 11.1 Å². The minimum Gasteiger partial charge on any atom is -0.323 e. The smallest absolute Gasteiger partial charge is 0.262 e. The molecule has 0 aliphatic heterocycles. The number of thioether (sulfide) groups is 1. The van der Waals surface area contributed by atoms with Gasteiger partial charge in [-0.25, -0.2) is 4.98 Å². The van der Waals surface area contributed by atoms with Gasteiger partial charge in [-0.15, -0.1) is 0 Å². The van der Waals surface area contributed by atoms with Crippen LogP contribution in [0.3, 0.4) is 0 Å². The number of amides is 1. The van der Waals surface area contributed by atoms with Crippen LogP contribution < -0.4 is 10.9 Å². The van der Waals surface area contributed by atoms with Crippen molar-refractivity contribution < 1.29 is 4.79 Å². The zero-order valence-electron chi connectivity index (χ0n) is 17.4. The zero-order valence-corrected chi connectivity index (χ0v) is 19.8. The molecule has 1 aromatic heterocycles. The van der Waals surface area contributed by atoms with Crippen LogP contribution in [0.5, 0.6) is 0 Å². The fourth-order valence-electron chi connectivity index (χ4n) is 3.76. The monoisotopic (exact) mass is 487 g/mol. The molecule has 1 aliphatic rings. The van der Waals surface area contributed by atoms with Gasteiger partial charge in [0.2, 0.25) is 5.91 Å². The van der Waals surface area contributed by atoms with Crippen molar-refractivity contribution in [3.63, 3.8) is 0 Å². The molecule has 32 heavy (non-hydrogen) atoms. The summed E-state index contributed by atoms with van der Waals surface area (Å²) in [6.07, 6.45) is 7.72. The highest BCUT2D eigenvalue weighted by Crippen LogP contribution is 2.30. The number of benzene rings is 2. The number of nitrogens with zero attached hydrogens (tertiary/aromatic N) is 2. The van der Waals surface area contributed by atoms with E-state index in [1.54, 1.807) is 28.8 Å². The number of nitrogens with one attached hydrogen (secondary N) is 1. The number of allylic oxidation sites excluding steroid dienone is 2. The van der Waals surface area contributed by atoms with Crippen LogP contribution in [-0.4, -0.2) is 21.2 Å². The molecule has 2 aromatic carbocycles. The van der Waals surface area contributed by atoms with Gasteiger partial charge in [-0.05, 0) is 56.4 Å². The van der Waals surface area contributed by atoms with Crippen molar-refractivity contribution in [2.24, 2.45) is 0 Å². The number of carbonyl (C=O) groups excluding carboxylic acids is 1. The third-order valence-corrected chi connectivity index (χ3v) is 7.03. The lowest BCUT2D eigenvalue weighted by atomic mass is 9.97. The molecule has 1 N–H and O–H groups in total. The normalized spacial score (nSPS) is 13.8. The first-order valence-corrected chi connectivity index (χ1v) is 12.3. The van der Waals surface area contributed by atoms with Crippen LogP contribution >= 0.6 is 35.0 Å². The van der Waals surface area contributed by atoms with E-state index in [0.717, 1.165) is 19.3 Å². The Morgan fingerprint density at radius 2 is 1.88 bits per heavy atom. The van der Waals surface area contributed by atoms with Gasteiger partial charge in [-0.2, -0.15) is 0 Å². The standard InChI is InChI=1S/C24H23Cl2N3O2S/c25-18-10-6-11-19(26)22(18)28-21(30)15-32-24-27-20-12-5-4-9-17(20)23(31)29(24)14-13-16-7-2-1-3-8-16/h4-7,9-12H,1-3,8,13-15H2,(H,28,30). The van der Waals surface area contributed by atoms with Gasteiger partial charge in [-0.1, -0.05) is 64.8 Å². The van der Waals surface area contributed by atoms with Gasteiger partial charge in [0.15, 0.2) is 5.16 Å². The number of hydrogen-bond donors (Lipinski definition) is 1. The maximum Gasteiger partial charge on any atom is 0.262 e. The van der Waals surface area contributed by atoms with Crippen LogP contribution in [0.25, 0.3) is 10.9 Å². The average Bonchev–Trinajstić information content (AvgIpc) is 2.80. The highest BCUT2D eigenvalue weighted by Gasteiger charge is 2.15. The summed E-state index contributed by atoms with van der Waals surface area (Å²) >= 11 is 13.5. The van der Waals surface area contributed by atoms with E-state index in [2.05, 4.69) is 16.4 Å². The second-order valence-electron chi connectivity index (χ2n) is 7.66. The lowest BCUT2D eigenvalue weighted by molar-refractivity contribution is -0.113. The Labute approximate surface area is 200 Å². The Bertz CT molecular complexity index is 1220. The van der Waals surface area contributed by atoms with E-state index >= 15 is 0 Å². The molecular weight excluding hydrogens is 465 g/mol. The maximum absolute atomic E-state index is 13.2. The largest absolute Gasteiger partial charge is 0.323 e. The third-order valence-electron chi connectivity index (χ3n) is 5.43. The van der Waals surface area contributed by atoms with Crippen LogP contribution in [-0.2, 0) is 11.3 Å². The molecule has 166 valence electrons. The van der Waals surface area contributed by atoms with Gasteiger partial charge < -0.3 is 5.32 Å². The van der Waals surface area contributed by atoms with E-state index in [4.69, 9.17) is 23.2 Å². The van der Waals surface area contributed by atoms with Gasteiger partial charge >= 0.3 is 0 Å². The molecule has 0 atom stereocenters. The van der Waals surface area contributed by atoms with Crippen LogP contribution in [0.1, 0.15) is 32.1 Å². The number of hydrogen-bond acceptors (Lipinski definition) is 4. The summed E-state index contributed by atoms with van der Waals surface area (Å²) in [5.74, 6) is -0.191. The summed E-state index contributed by atoms with van der Waals surface area (Å²) in [4.78, 5) is 30.5. The van der Waals surface area contributed by atoms with E-state index in [1.807, 2.05) is 18.2 Å². The van der Waals surface area contributed by atoms with Crippen molar-refractivity contribution >= 4 is 57.5 Å². The van der Waals surface area contributed by atoms with Crippen LogP contribution in [0, 0.1) is 0 Å². The molecule has 1 aliphatic carbocycles. The number of halogens is 2. The minimum atomic E-state index is -0.269. The zero-order chi connectivity index (χ0) is 22.5. The second kappa shape index (κ2) is 10.6. The van der Waals surface area contributed by atoms with Crippen molar-refractivity contribution in [1.82, 2.24) is 9.55 Å². The molecule has 0 saturated carbocycles. The third kappa shape index (κ3) is 5.37. The Morgan fingerprint density at radius 1 is 1.09 bits per heavy atom. The predicted octanol–water partition coefficient (Wildman–Crippen LogP) is 6.32. The summed E-state index contributed by atoms with van der Waals surface area (Å²) in [5.41, 5.74) is 2.32. The fourth-order valence-corrected chi connectivity index (χ4v) is 5.08. The van der Waals surface area contributed by atoms with Gasteiger partial charge in [0.1, 0.15) is 0 Å². The summed E-state index contributed by atoms with van der Waals surface area (Å²) in [6, 6.07) is 12.4. The summed E-state index contributed by atoms with van der Waals surface area (Å²) in [7, 11) is 0. The Kier molecular flexibility index (Phi) is 7.55. The first kappa shape index (κ1) is 22.9. The highest BCUT2D eigenvalue weighted by atomic mass is 35.5. The molecule has 0 radical (unpaired) electrons. The van der Waals surface area contributed by atoms with Crippen LogP contribution in [0.15, 0.2) is 64.1 Å². The number of aromatic nitrogens is 2. The lowest BCUT2D eigenvalue weighted by Crippen LogP contribution is -2.24. The van der Waals surface area contributed by atoms with E-state index in [1.165, 1.54) is 30.2 Å².